The summed E-state index contributed by atoms with van der Waals surface area (Å²) in [5.41, 5.74) is -0.0295. The maximum atomic E-state index is 12.3. The van der Waals surface area contributed by atoms with E-state index in [1.54, 1.807) is 4.90 Å². The molecule has 2 heterocycles. The zero-order valence-corrected chi connectivity index (χ0v) is 12.9. The van der Waals surface area contributed by atoms with E-state index in [0.29, 0.717) is 12.3 Å². The standard InChI is InChI=1S/C15H27N3O2/c1-15(2,3)7-13(19)18-6-4-5-12(18)14(20)17-10-11-8-16-9-11/h11-12,16H,4-10H2,1-3H3,(H,17,20). The van der Waals surface area contributed by atoms with E-state index in [0.717, 1.165) is 39.0 Å². The van der Waals surface area contributed by atoms with Crippen LogP contribution in [0.2, 0.25) is 0 Å². The summed E-state index contributed by atoms with van der Waals surface area (Å²) < 4.78 is 0. The molecule has 2 amide bonds. The molecule has 2 N–H and O–H groups in total. The minimum absolute atomic E-state index is 0.0247. The number of nitrogens with one attached hydrogen (secondary N) is 2. The van der Waals surface area contributed by atoms with Gasteiger partial charge in [-0.25, -0.2) is 0 Å². The van der Waals surface area contributed by atoms with Gasteiger partial charge in [0.05, 0.1) is 0 Å². The summed E-state index contributed by atoms with van der Waals surface area (Å²) in [5, 5.41) is 6.19. The van der Waals surface area contributed by atoms with E-state index in [1.165, 1.54) is 0 Å². The van der Waals surface area contributed by atoms with Gasteiger partial charge in [-0.3, -0.25) is 9.59 Å². The Balaban J connectivity index is 1.85. The SMILES string of the molecule is CC(C)(C)CC(=O)N1CCCC1C(=O)NCC1CNC1. The Hall–Kier alpha value is -1.10. The van der Waals surface area contributed by atoms with Gasteiger partial charge in [-0.15, -0.1) is 0 Å². The Labute approximate surface area is 121 Å². The molecule has 2 fully saturated rings. The minimum atomic E-state index is -0.252. The molecule has 0 aromatic carbocycles. The zero-order chi connectivity index (χ0) is 14.8. The van der Waals surface area contributed by atoms with Gasteiger partial charge in [0.2, 0.25) is 11.8 Å². The van der Waals surface area contributed by atoms with Crippen LogP contribution in [-0.2, 0) is 9.59 Å². The highest BCUT2D eigenvalue weighted by Crippen LogP contribution is 2.24. The summed E-state index contributed by atoms with van der Waals surface area (Å²) in [6.07, 6.45) is 2.23. The summed E-state index contributed by atoms with van der Waals surface area (Å²) in [6, 6.07) is -0.252. The van der Waals surface area contributed by atoms with E-state index in [-0.39, 0.29) is 23.3 Å². The summed E-state index contributed by atoms with van der Waals surface area (Å²) >= 11 is 0. The van der Waals surface area contributed by atoms with E-state index >= 15 is 0 Å². The molecule has 0 radical (unpaired) electrons. The predicted molar refractivity (Wildman–Crippen MR) is 78.2 cm³/mol. The topological polar surface area (TPSA) is 61.4 Å². The fraction of sp³-hybridized carbons (Fsp3) is 0.867. The third-order valence-electron chi connectivity index (χ3n) is 3.99. The maximum Gasteiger partial charge on any atom is 0.242 e. The highest BCUT2D eigenvalue weighted by atomic mass is 16.2. The van der Waals surface area contributed by atoms with Crippen molar-refractivity contribution in [2.24, 2.45) is 11.3 Å². The number of carbonyl (C=O) groups is 2. The van der Waals surface area contributed by atoms with Gasteiger partial charge in [0, 0.05) is 38.5 Å². The lowest BCUT2D eigenvalue weighted by atomic mass is 9.91. The van der Waals surface area contributed by atoms with E-state index in [1.807, 2.05) is 0 Å². The first-order valence-corrected chi connectivity index (χ1v) is 7.65. The van der Waals surface area contributed by atoms with Crippen molar-refractivity contribution in [1.82, 2.24) is 15.5 Å². The highest BCUT2D eigenvalue weighted by molar-refractivity contribution is 5.88. The second-order valence-electron chi connectivity index (χ2n) is 7.25. The molecule has 2 rings (SSSR count). The van der Waals surface area contributed by atoms with Crippen LogP contribution in [-0.4, -0.2) is 48.9 Å². The first-order valence-electron chi connectivity index (χ1n) is 7.65. The van der Waals surface area contributed by atoms with Gasteiger partial charge >= 0.3 is 0 Å². The van der Waals surface area contributed by atoms with Gasteiger partial charge in [0.1, 0.15) is 6.04 Å². The Morgan fingerprint density at radius 1 is 1.30 bits per heavy atom. The molecule has 0 aromatic heterocycles. The van der Waals surface area contributed by atoms with Crippen molar-refractivity contribution >= 4 is 11.8 Å². The molecule has 2 aliphatic rings. The average molecular weight is 281 g/mol. The van der Waals surface area contributed by atoms with Crippen LogP contribution < -0.4 is 10.6 Å². The van der Waals surface area contributed by atoms with E-state index in [4.69, 9.17) is 0 Å². The highest BCUT2D eigenvalue weighted by Gasteiger charge is 2.35. The zero-order valence-electron chi connectivity index (χ0n) is 12.9. The number of amides is 2. The fourth-order valence-electron chi connectivity index (χ4n) is 2.75. The van der Waals surface area contributed by atoms with Gasteiger partial charge in [-0.05, 0) is 18.3 Å². The van der Waals surface area contributed by atoms with Gasteiger partial charge in [0.15, 0.2) is 0 Å². The van der Waals surface area contributed by atoms with Gasteiger partial charge in [-0.2, -0.15) is 0 Å². The molecular weight excluding hydrogens is 254 g/mol. The van der Waals surface area contributed by atoms with Crippen LogP contribution in [0.1, 0.15) is 40.0 Å². The number of rotatable bonds is 4. The van der Waals surface area contributed by atoms with Crippen molar-refractivity contribution in [3.63, 3.8) is 0 Å². The van der Waals surface area contributed by atoms with Crippen molar-refractivity contribution in [3.8, 4) is 0 Å². The lowest BCUT2D eigenvalue weighted by molar-refractivity contribution is -0.139. The van der Waals surface area contributed by atoms with Gasteiger partial charge < -0.3 is 15.5 Å². The summed E-state index contributed by atoms with van der Waals surface area (Å²) in [4.78, 5) is 26.3. The Kier molecular flexibility index (Phi) is 4.68. The van der Waals surface area contributed by atoms with Crippen molar-refractivity contribution in [2.45, 2.75) is 46.1 Å². The lowest BCUT2D eigenvalue weighted by Gasteiger charge is -2.30. The normalized spacial score (nSPS) is 23.6. The van der Waals surface area contributed by atoms with Crippen LogP contribution in [0.3, 0.4) is 0 Å². The summed E-state index contributed by atoms with van der Waals surface area (Å²) in [7, 11) is 0. The Morgan fingerprint density at radius 3 is 2.55 bits per heavy atom. The molecule has 0 saturated carbocycles. The Bertz CT molecular complexity index is 372. The molecule has 1 unspecified atom stereocenters. The Morgan fingerprint density at radius 2 is 2.00 bits per heavy atom. The molecule has 5 heteroatoms. The van der Waals surface area contributed by atoms with Crippen molar-refractivity contribution in [2.75, 3.05) is 26.2 Å². The number of carbonyl (C=O) groups excluding carboxylic acids is 2. The van der Waals surface area contributed by atoms with Gasteiger partial charge in [-0.1, -0.05) is 20.8 Å². The largest absolute Gasteiger partial charge is 0.354 e. The van der Waals surface area contributed by atoms with Crippen LogP contribution in [0.15, 0.2) is 0 Å². The first-order chi connectivity index (χ1) is 9.37. The third-order valence-corrected chi connectivity index (χ3v) is 3.99. The molecule has 2 aliphatic heterocycles. The fourth-order valence-corrected chi connectivity index (χ4v) is 2.75. The molecular formula is C15H27N3O2. The second kappa shape index (κ2) is 6.12. The van der Waals surface area contributed by atoms with Gasteiger partial charge in [0.25, 0.3) is 0 Å². The summed E-state index contributed by atoms with van der Waals surface area (Å²) in [5.74, 6) is 0.691. The van der Waals surface area contributed by atoms with Crippen molar-refractivity contribution in [3.05, 3.63) is 0 Å². The van der Waals surface area contributed by atoms with Crippen LogP contribution in [0, 0.1) is 11.3 Å². The van der Waals surface area contributed by atoms with E-state index in [2.05, 4.69) is 31.4 Å². The minimum Gasteiger partial charge on any atom is -0.354 e. The molecule has 114 valence electrons. The second-order valence-corrected chi connectivity index (χ2v) is 7.25. The molecule has 0 bridgehead atoms. The van der Waals surface area contributed by atoms with E-state index < -0.39 is 0 Å². The van der Waals surface area contributed by atoms with Crippen molar-refractivity contribution in [1.29, 1.82) is 0 Å². The molecule has 1 atom stereocenters. The van der Waals surface area contributed by atoms with Crippen LogP contribution in [0.4, 0.5) is 0 Å². The number of hydrogen-bond acceptors (Lipinski definition) is 3. The molecule has 0 aliphatic carbocycles. The quantitative estimate of drug-likeness (QED) is 0.799. The monoisotopic (exact) mass is 281 g/mol. The number of nitrogens with zero attached hydrogens (tertiary/aromatic N) is 1. The van der Waals surface area contributed by atoms with Crippen LogP contribution in [0.25, 0.3) is 0 Å². The van der Waals surface area contributed by atoms with Crippen molar-refractivity contribution < 1.29 is 9.59 Å². The lowest BCUT2D eigenvalue weighted by Crippen LogP contribution is -2.52. The number of hydrogen-bond donors (Lipinski definition) is 2. The summed E-state index contributed by atoms with van der Waals surface area (Å²) in [6.45, 7) is 9.58. The van der Waals surface area contributed by atoms with E-state index in [9.17, 15) is 9.59 Å². The third kappa shape index (κ3) is 3.95. The maximum absolute atomic E-state index is 12.3. The molecule has 5 nitrogen and oxygen atoms in total. The molecule has 0 aromatic rings. The number of likely N-dealkylation sites (tertiary alicyclic amines) is 1. The average Bonchev–Trinajstić information content (AvgIpc) is 2.72. The molecule has 20 heavy (non-hydrogen) atoms. The van der Waals surface area contributed by atoms with Crippen LogP contribution >= 0.6 is 0 Å². The smallest absolute Gasteiger partial charge is 0.242 e. The molecule has 2 saturated heterocycles. The molecule has 0 spiro atoms. The predicted octanol–water partition coefficient (Wildman–Crippen LogP) is 0.749. The van der Waals surface area contributed by atoms with Crippen LogP contribution in [0.5, 0.6) is 0 Å². The first kappa shape index (κ1) is 15.3.